The van der Waals surface area contributed by atoms with Crippen LogP contribution in [0.1, 0.15) is 43.9 Å². The third kappa shape index (κ3) is 3.41. The second-order valence-corrected chi connectivity index (χ2v) is 8.13. The van der Waals surface area contributed by atoms with Gasteiger partial charge in [0, 0.05) is 32.2 Å². The highest BCUT2D eigenvalue weighted by Gasteiger charge is 2.33. The number of phenolic OH excluding ortho intramolecular Hbond substituents is 1. The van der Waals surface area contributed by atoms with E-state index in [4.69, 9.17) is 0 Å². The van der Waals surface area contributed by atoms with Crippen LogP contribution in [-0.2, 0) is 6.42 Å². The first-order valence-electron chi connectivity index (χ1n) is 8.00. The van der Waals surface area contributed by atoms with Crippen LogP contribution in [0.4, 0.5) is 0 Å². The van der Waals surface area contributed by atoms with Crippen molar-refractivity contribution in [2.75, 3.05) is 26.2 Å². The Bertz CT molecular complexity index is 518. The molecular formula is C17H27N2OP. The highest BCUT2D eigenvalue weighted by Crippen LogP contribution is 2.38. The fourth-order valence-corrected chi connectivity index (χ4v) is 4.58. The van der Waals surface area contributed by atoms with Gasteiger partial charge >= 0.3 is 0 Å². The Morgan fingerprint density at radius 2 is 2.05 bits per heavy atom. The lowest BCUT2D eigenvalue weighted by atomic mass is 9.85. The smallest absolute Gasteiger partial charge is 0.115 e. The topological polar surface area (TPSA) is 26.7 Å². The van der Waals surface area contributed by atoms with Gasteiger partial charge in [0.1, 0.15) is 5.75 Å². The van der Waals surface area contributed by atoms with Gasteiger partial charge in [0.2, 0.25) is 0 Å². The maximum atomic E-state index is 9.87. The van der Waals surface area contributed by atoms with Crippen molar-refractivity contribution in [3.63, 3.8) is 0 Å². The van der Waals surface area contributed by atoms with Gasteiger partial charge in [-0.15, -0.1) is 0 Å². The van der Waals surface area contributed by atoms with Gasteiger partial charge in [0.25, 0.3) is 0 Å². The zero-order chi connectivity index (χ0) is 15.0. The largest absolute Gasteiger partial charge is 0.508 e. The van der Waals surface area contributed by atoms with Gasteiger partial charge in [-0.05, 0) is 47.9 Å². The van der Waals surface area contributed by atoms with Gasteiger partial charge < -0.3 is 5.11 Å². The molecule has 3 rings (SSSR count). The van der Waals surface area contributed by atoms with Gasteiger partial charge in [0.15, 0.2) is 0 Å². The van der Waals surface area contributed by atoms with Crippen LogP contribution in [0.2, 0.25) is 0 Å². The van der Waals surface area contributed by atoms with Crippen molar-refractivity contribution < 1.29 is 5.11 Å². The molecule has 1 saturated heterocycles. The molecule has 3 nitrogen and oxygen atoms in total. The van der Waals surface area contributed by atoms with E-state index in [0.717, 1.165) is 32.6 Å². The normalized spacial score (nSPS) is 27.1. The van der Waals surface area contributed by atoms with E-state index in [1.165, 1.54) is 24.0 Å². The minimum atomic E-state index is 0.298. The Morgan fingerprint density at radius 3 is 2.86 bits per heavy atom. The predicted molar refractivity (Wildman–Crippen MR) is 90.4 cm³/mol. The van der Waals surface area contributed by atoms with Crippen molar-refractivity contribution >= 4 is 9.39 Å². The molecule has 1 aliphatic heterocycles. The van der Waals surface area contributed by atoms with E-state index in [1.54, 1.807) is 0 Å². The van der Waals surface area contributed by atoms with Gasteiger partial charge in [-0.25, -0.2) is 0 Å². The van der Waals surface area contributed by atoms with Crippen LogP contribution >= 0.6 is 9.39 Å². The highest BCUT2D eigenvalue weighted by molar-refractivity contribution is 7.13. The Kier molecular flexibility index (Phi) is 4.27. The number of fused-ring (bicyclic) bond motifs is 1. The van der Waals surface area contributed by atoms with Crippen LogP contribution in [-0.4, -0.2) is 40.9 Å². The highest BCUT2D eigenvalue weighted by atomic mass is 31.0. The molecule has 2 unspecified atom stereocenters. The molecule has 21 heavy (non-hydrogen) atoms. The van der Waals surface area contributed by atoms with E-state index < -0.39 is 0 Å². The van der Waals surface area contributed by atoms with Crippen LogP contribution in [0, 0.1) is 5.41 Å². The van der Waals surface area contributed by atoms with E-state index in [1.807, 2.05) is 12.1 Å². The summed E-state index contributed by atoms with van der Waals surface area (Å²) < 4.78 is 2.37. The summed E-state index contributed by atoms with van der Waals surface area (Å²) in [6.45, 7) is 9.15. The zero-order valence-corrected chi connectivity index (χ0v) is 14.3. The third-order valence-corrected chi connectivity index (χ3v) is 5.23. The third-order valence-electron chi connectivity index (χ3n) is 4.79. The standard InChI is InChI=1S/C17H27N2OP/c1-17(2)11-18(8-9-19(21)12-17)16-5-3-4-13-6-7-14(20)10-15(13)16/h6-7,10,16,20H,3-5,8-9,11-12,21H2,1-2H3. The number of aryl methyl sites for hydroxylation is 1. The maximum Gasteiger partial charge on any atom is 0.115 e. The quantitative estimate of drug-likeness (QED) is 0.807. The van der Waals surface area contributed by atoms with Crippen molar-refractivity contribution in [3.05, 3.63) is 29.3 Å². The molecule has 0 radical (unpaired) electrons. The second-order valence-electron chi connectivity index (χ2n) is 7.40. The molecule has 0 aromatic heterocycles. The van der Waals surface area contributed by atoms with Crippen LogP contribution in [0.15, 0.2) is 18.2 Å². The Balaban J connectivity index is 1.89. The first-order valence-corrected chi connectivity index (χ1v) is 8.52. The number of aromatic hydroxyl groups is 1. The minimum absolute atomic E-state index is 0.298. The fraction of sp³-hybridized carbons (Fsp3) is 0.647. The van der Waals surface area contributed by atoms with Crippen LogP contribution in [0.5, 0.6) is 5.75 Å². The Hall–Kier alpha value is -0.630. The zero-order valence-electron chi connectivity index (χ0n) is 13.2. The predicted octanol–water partition coefficient (Wildman–Crippen LogP) is 3.20. The van der Waals surface area contributed by atoms with Crippen molar-refractivity contribution in [2.24, 2.45) is 5.41 Å². The summed E-state index contributed by atoms with van der Waals surface area (Å²) in [5.41, 5.74) is 3.08. The molecule has 0 amide bonds. The average molecular weight is 306 g/mol. The van der Waals surface area contributed by atoms with E-state index in [0.29, 0.717) is 17.2 Å². The molecule has 0 bridgehead atoms. The SMILES string of the molecule is CC1(C)CN(P)CCN(C2CCCc3ccc(O)cc32)C1. The van der Waals surface area contributed by atoms with Crippen LogP contribution in [0.25, 0.3) is 0 Å². The van der Waals surface area contributed by atoms with Gasteiger partial charge in [-0.2, -0.15) is 0 Å². The van der Waals surface area contributed by atoms with E-state index in [2.05, 4.69) is 38.9 Å². The number of nitrogens with zero attached hydrogens (tertiary/aromatic N) is 2. The number of hydrogen-bond acceptors (Lipinski definition) is 3. The summed E-state index contributed by atoms with van der Waals surface area (Å²) in [4.78, 5) is 2.64. The van der Waals surface area contributed by atoms with Gasteiger partial charge in [-0.1, -0.05) is 29.3 Å². The molecule has 4 heteroatoms. The minimum Gasteiger partial charge on any atom is -0.508 e. The molecule has 1 aliphatic carbocycles. The molecule has 1 heterocycles. The van der Waals surface area contributed by atoms with Crippen molar-refractivity contribution in [3.8, 4) is 5.75 Å². The van der Waals surface area contributed by atoms with E-state index >= 15 is 0 Å². The molecule has 1 aromatic carbocycles. The first-order chi connectivity index (χ1) is 9.94. The number of rotatable bonds is 1. The van der Waals surface area contributed by atoms with Gasteiger partial charge in [0.05, 0.1) is 0 Å². The maximum absolute atomic E-state index is 9.87. The van der Waals surface area contributed by atoms with E-state index in [-0.39, 0.29) is 0 Å². The molecule has 0 saturated carbocycles. The molecular weight excluding hydrogens is 279 g/mol. The number of phenols is 1. The molecule has 1 aromatic rings. The Morgan fingerprint density at radius 1 is 1.24 bits per heavy atom. The van der Waals surface area contributed by atoms with Crippen LogP contribution in [0.3, 0.4) is 0 Å². The lowest BCUT2D eigenvalue weighted by Gasteiger charge is -2.38. The summed E-state index contributed by atoms with van der Waals surface area (Å²) >= 11 is 0. The average Bonchev–Trinajstić information content (AvgIpc) is 2.55. The summed E-state index contributed by atoms with van der Waals surface area (Å²) in [6.07, 6.45) is 3.62. The first kappa shape index (κ1) is 15.3. The summed E-state index contributed by atoms with van der Waals surface area (Å²) in [5, 5.41) is 9.87. The summed E-state index contributed by atoms with van der Waals surface area (Å²) in [6, 6.07) is 6.41. The lowest BCUT2D eigenvalue weighted by molar-refractivity contribution is 0.138. The van der Waals surface area contributed by atoms with Crippen molar-refractivity contribution in [2.45, 2.75) is 39.2 Å². The van der Waals surface area contributed by atoms with Crippen molar-refractivity contribution in [1.82, 2.24) is 9.57 Å². The molecule has 1 fully saturated rings. The molecule has 1 N–H and O–H groups in total. The number of hydrogen-bond donors (Lipinski definition) is 1. The second kappa shape index (κ2) is 5.87. The summed E-state index contributed by atoms with van der Waals surface area (Å²) in [5.74, 6) is 0.405. The molecule has 2 aliphatic rings. The molecule has 2 atom stereocenters. The lowest BCUT2D eigenvalue weighted by Crippen LogP contribution is -2.38. The summed E-state index contributed by atoms with van der Waals surface area (Å²) in [7, 11) is 2.87. The number of benzene rings is 1. The molecule has 116 valence electrons. The Labute approximate surface area is 130 Å². The fourth-order valence-electron chi connectivity index (χ4n) is 3.97. The molecule has 0 spiro atoms. The van der Waals surface area contributed by atoms with E-state index in [9.17, 15) is 5.11 Å². The van der Waals surface area contributed by atoms with Crippen LogP contribution < -0.4 is 0 Å². The van der Waals surface area contributed by atoms with Gasteiger partial charge in [-0.3, -0.25) is 9.57 Å². The monoisotopic (exact) mass is 306 g/mol. The van der Waals surface area contributed by atoms with Crippen molar-refractivity contribution in [1.29, 1.82) is 0 Å².